The molecule has 1 heterocycles. The minimum atomic E-state index is -0.107. The van der Waals surface area contributed by atoms with Gasteiger partial charge in [0.1, 0.15) is 5.75 Å². The van der Waals surface area contributed by atoms with Gasteiger partial charge in [-0.2, -0.15) is 0 Å². The van der Waals surface area contributed by atoms with E-state index in [4.69, 9.17) is 4.74 Å². The number of hydrogen-bond donors (Lipinski definition) is 0. The Bertz CT molecular complexity index is 937. The van der Waals surface area contributed by atoms with Crippen molar-refractivity contribution in [2.45, 2.75) is 39.8 Å². The molecule has 0 fully saturated rings. The Morgan fingerprint density at radius 1 is 1.18 bits per heavy atom. The highest BCUT2D eigenvalue weighted by Gasteiger charge is 2.26. The van der Waals surface area contributed by atoms with Crippen LogP contribution in [0.2, 0.25) is 0 Å². The molecule has 146 valence electrons. The maximum atomic E-state index is 13.3. The van der Waals surface area contributed by atoms with E-state index in [0.717, 1.165) is 23.4 Å². The van der Waals surface area contributed by atoms with Crippen molar-refractivity contribution in [3.63, 3.8) is 0 Å². The highest BCUT2D eigenvalue weighted by atomic mass is 16.5. The second-order valence-electron chi connectivity index (χ2n) is 6.81. The third-order valence-corrected chi connectivity index (χ3v) is 4.97. The van der Waals surface area contributed by atoms with Crippen molar-refractivity contribution in [2.75, 3.05) is 7.11 Å². The quantitative estimate of drug-likeness (QED) is 0.623. The van der Waals surface area contributed by atoms with E-state index in [1.165, 1.54) is 0 Å². The van der Waals surface area contributed by atoms with Crippen LogP contribution < -0.4 is 4.74 Å². The maximum absolute atomic E-state index is 13.3. The summed E-state index contributed by atoms with van der Waals surface area (Å²) in [4.78, 5) is 15.2. The second-order valence-corrected chi connectivity index (χ2v) is 6.81. The van der Waals surface area contributed by atoms with Crippen LogP contribution in [0.25, 0.3) is 5.69 Å². The Balaban J connectivity index is 1.92. The van der Waals surface area contributed by atoms with Crippen molar-refractivity contribution in [1.29, 1.82) is 0 Å². The maximum Gasteiger partial charge on any atom is 0.276 e. The predicted molar refractivity (Wildman–Crippen MR) is 109 cm³/mol. The third kappa shape index (κ3) is 4.06. The van der Waals surface area contributed by atoms with Gasteiger partial charge in [-0.25, -0.2) is 4.68 Å². The molecule has 2 aromatic carbocycles. The summed E-state index contributed by atoms with van der Waals surface area (Å²) in [6, 6.07) is 17.6. The van der Waals surface area contributed by atoms with Crippen LogP contribution in [-0.2, 0) is 6.54 Å². The van der Waals surface area contributed by atoms with Gasteiger partial charge in [-0.05, 0) is 38.0 Å². The summed E-state index contributed by atoms with van der Waals surface area (Å²) in [5, 5.41) is 8.43. The first-order valence-corrected chi connectivity index (χ1v) is 9.46. The van der Waals surface area contributed by atoms with Crippen molar-refractivity contribution in [3.05, 3.63) is 71.5 Å². The van der Waals surface area contributed by atoms with Gasteiger partial charge in [0.05, 0.1) is 18.5 Å². The van der Waals surface area contributed by atoms with E-state index in [9.17, 15) is 4.79 Å². The zero-order valence-electron chi connectivity index (χ0n) is 16.8. The fourth-order valence-corrected chi connectivity index (χ4v) is 3.08. The van der Waals surface area contributed by atoms with Crippen LogP contribution in [0.3, 0.4) is 0 Å². The molecule has 1 aromatic heterocycles. The Morgan fingerprint density at radius 2 is 1.93 bits per heavy atom. The first kappa shape index (κ1) is 19.6. The monoisotopic (exact) mass is 378 g/mol. The van der Waals surface area contributed by atoms with Crippen LogP contribution in [-0.4, -0.2) is 39.0 Å². The number of rotatable bonds is 7. The average Bonchev–Trinajstić information content (AvgIpc) is 3.13. The van der Waals surface area contributed by atoms with E-state index in [2.05, 4.69) is 24.2 Å². The summed E-state index contributed by atoms with van der Waals surface area (Å²) < 4.78 is 6.96. The molecule has 0 saturated heterocycles. The van der Waals surface area contributed by atoms with Crippen molar-refractivity contribution < 1.29 is 9.53 Å². The summed E-state index contributed by atoms with van der Waals surface area (Å²) in [6.45, 7) is 6.54. The number of carbonyl (C=O) groups is 1. The van der Waals surface area contributed by atoms with Crippen molar-refractivity contribution >= 4 is 5.91 Å². The fourth-order valence-electron chi connectivity index (χ4n) is 3.08. The summed E-state index contributed by atoms with van der Waals surface area (Å²) in [5.74, 6) is 0.621. The van der Waals surface area contributed by atoms with E-state index >= 15 is 0 Å². The highest BCUT2D eigenvalue weighted by molar-refractivity contribution is 5.93. The molecule has 1 atom stereocenters. The molecule has 3 rings (SSSR count). The van der Waals surface area contributed by atoms with Crippen LogP contribution in [0.15, 0.2) is 54.6 Å². The van der Waals surface area contributed by atoms with Gasteiger partial charge < -0.3 is 9.64 Å². The van der Waals surface area contributed by atoms with Gasteiger partial charge in [-0.1, -0.05) is 48.5 Å². The number of amides is 1. The largest absolute Gasteiger partial charge is 0.497 e. The fraction of sp³-hybridized carbons (Fsp3) is 0.318. The lowest BCUT2D eigenvalue weighted by atomic mass is 10.1. The van der Waals surface area contributed by atoms with Crippen molar-refractivity contribution in [2.24, 2.45) is 0 Å². The van der Waals surface area contributed by atoms with E-state index in [1.54, 1.807) is 11.8 Å². The van der Waals surface area contributed by atoms with E-state index in [-0.39, 0.29) is 11.9 Å². The van der Waals surface area contributed by atoms with Gasteiger partial charge in [0.25, 0.3) is 5.91 Å². The molecule has 6 nitrogen and oxygen atoms in total. The SMILES string of the molecule is CCC(C)N(Cc1ccccc1)C(=O)c1nnn(-c2cccc(OC)c2)c1C. The second kappa shape index (κ2) is 8.69. The molecule has 3 aromatic rings. The molecular formula is C22H26N4O2. The highest BCUT2D eigenvalue weighted by Crippen LogP contribution is 2.20. The smallest absolute Gasteiger partial charge is 0.276 e. The lowest BCUT2D eigenvalue weighted by Gasteiger charge is -2.28. The van der Waals surface area contributed by atoms with Crippen LogP contribution in [0.4, 0.5) is 0 Å². The molecule has 1 amide bonds. The number of carbonyl (C=O) groups excluding carboxylic acids is 1. The number of aromatic nitrogens is 3. The molecule has 0 bridgehead atoms. The number of nitrogens with zero attached hydrogens (tertiary/aromatic N) is 4. The topological polar surface area (TPSA) is 60.2 Å². The molecule has 28 heavy (non-hydrogen) atoms. The lowest BCUT2D eigenvalue weighted by Crippen LogP contribution is -2.38. The molecule has 6 heteroatoms. The first-order valence-electron chi connectivity index (χ1n) is 9.46. The summed E-state index contributed by atoms with van der Waals surface area (Å²) in [5.41, 5.74) is 2.98. The van der Waals surface area contributed by atoms with Gasteiger partial charge >= 0.3 is 0 Å². The third-order valence-electron chi connectivity index (χ3n) is 4.97. The molecular weight excluding hydrogens is 352 g/mol. The van der Waals surface area contributed by atoms with E-state index in [0.29, 0.717) is 17.9 Å². The lowest BCUT2D eigenvalue weighted by molar-refractivity contribution is 0.0664. The zero-order chi connectivity index (χ0) is 20.1. The predicted octanol–water partition coefficient (Wildman–Crippen LogP) is 4.03. The van der Waals surface area contributed by atoms with Crippen LogP contribution in [0, 0.1) is 6.92 Å². The van der Waals surface area contributed by atoms with Crippen LogP contribution in [0.1, 0.15) is 42.0 Å². The molecule has 0 saturated carbocycles. The minimum Gasteiger partial charge on any atom is -0.497 e. The normalized spacial score (nSPS) is 11.9. The summed E-state index contributed by atoms with van der Waals surface area (Å²) in [7, 11) is 1.62. The number of methoxy groups -OCH3 is 1. The summed E-state index contributed by atoms with van der Waals surface area (Å²) in [6.07, 6.45) is 0.863. The summed E-state index contributed by atoms with van der Waals surface area (Å²) >= 11 is 0. The Kier molecular flexibility index (Phi) is 6.09. The van der Waals surface area contributed by atoms with Gasteiger partial charge in [0, 0.05) is 18.7 Å². The van der Waals surface area contributed by atoms with Crippen LogP contribution in [0.5, 0.6) is 5.75 Å². The van der Waals surface area contributed by atoms with E-state index in [1.807, 2.05) is 66.4 Å². The van der Waals surface area contributed by atoms with Crippen molar-refractivity contribution in [1.82, 2.24) is 19.9 Å². The minimum absolute atomic E-state index is 0.0917. The number of benzene rings is 2. The van der Waals surface area contributed by atoms with Gasteiger partial charge in [-0.15, -0.1) is 5.10 Å². The Labute approximate surface area is 165 Å². The van der Waals surface area contributed by atoms with E-state index < -0.39 is 0 Å². The van der Waals surface area contributed by atoms with Gasteiger partial charge in [-0.3, -0.25) is 4.79 Å². The molecule has 0 aliphatic carbocycles. The zero-order valence-corrected chi connectivity index (χ0v) is 16.8. The Hall–Kier alpha value is -3.15. The standard InChI is InChI=1S/C22H26N4O2/c1-5-16(2)25(15-18-10-7-6-8-11-18)22(27)21-17(3)26(24-23-21)19-12-9-13-20(14-19)28-4/h6-14,16H,5,15H2,1-4H3. The van der Waals surface area contributed by atoms with Gasteiger partial charge in [0.2, 0.25) is 0 Å². The number of hydrogen-bond acceptors (Lipinski definition) is 4. The number of ether oxygens (including phenoxy) is 1. The van der Waals surface area contributed by atoms with Gasteiger partial charge in [0.15, 0.2) is 5.69 Å². The average molecular weight is 378 g/mol. The molecule has 0 spiro atoms. The van der Waals surface area contributed by atoms with Crippen molar-refractivity contribution in [3.8, 4) is 11.4 Å². The molecule has 1 unspecified atom stereocenters. The first-order chi connectivity index (χ1) is 13.5. The molecule has 0 radical (unpaired) electrons. The molecule has 0 aliphatic heterocycles. The molecule has 0 N–H and O–H groups in total. The Morgan fingerprint density at radius 3 is 2.61 bits per heavy atom. The van der Waals surface area contributed by atoms with Crippen LogP contribution >= 0.6 is 0 Å². The molecule has 0 aliphatic rings.